The number of amides is 2. The number of methoxy groups -OCH3 is 1. The molecule has 1 aliphatic carbocycles. The van der Waals surface area contributed by atoms with Gasteiger partial charge in [-0.25, -0.2) is 0 Å². The Morgan fingerprint density at radius 3 is 2.73 bits per heavy atom. The summed E-state index contributed by atoms with van der Waals surface area (Å²) in [5.74, 6) is -0.0855. The van der Waals surface area contributed by atoms with Crippen LogP contribution in [0.1, 0.15) is 68.8 Å². The molecule has 1 N–H and O–H groups in total. The highest BCUT2D eigenvalue weighted by molar-refractivity contribution is 7.17. The van der Waals surface area contributed by atoms with E-state index in [2.05, 4.69) is 5.32 Å². The van der Waals surface area contributed by atoms with Gasteiger partial charge >= 0.3 is 0 Å². The molecule has 2 aliphatic rings. The van der Waals surface area contributed by atoms with Gasteiger partial charge in [0.15, 0.2) is 0 Å². The number of aromatic nitrogens is 1. The first-order valence-electron chi connectivity index (χ1n) is 11.2. The average molecular weight is 432 g/mol. The Kier molecular flexibility index (Phi) is 6.48. The normalized spacial score (nSPS) is 23.3. The highest BCUT2D eigenvalue weighted by Gasteiger charge is 2.47. The lowest BCUT2D eigenvalue weighted by Crippen LogP contribution is -2.65. The van der Waals surface area contributed by atoms with E-state index in [4.69, 9.17) is 4.74 Å². The molecule has 0 aromatic carbocycles. The molecule has 2 aromatic rings. The van der Waals surface area contributed by atoms with Gasteiger partial charge in [0.1, 0.15) is 11.2 Å². The topological polar surface area (TPSA) is 63.6 Å². The second-order valence-electron chi connectivity index (χ2n) is 8.88. The fourth-order valence-corrected chi connectivity index (χ4v) is 5.75. The maximum absolute atomic E-state index is 13.6. The molecule has 1 atom stereocenters. The molecule has 2 amide bonds. The molecular formula is C23H33N3O3S. The summed E-state index contributed by atoms with van der Waals surface area (Å²) >= 11 is 1.63. The second kappa shape index (κ2) is 9.10. The van der Waals surface area contributed by atoms with E-state index in [1.54, 1.807) is 23.3 Å². The molecule has 1 aliphatic heterocycles. The molecule has 0 bridgehead atoms. The minimum Gasteiger partial charge on any atom is -0.385 e. The first-order valence-corrected chi connectivity index (χ1v) is 12.1. The van der Waals surface area contributed by atoms with Crippen LogP contribution in [0.3, 0.4) is 0 Å². The Balaban J connectivity index is 1.61. The molecule has 30 heavy (non-hydrogen) atoms. The summed E-state index contributed by atoms with van der Waals surface area (Å²) in [6.45, 7) is 3.50. The van der Waals surface area contributed by atoms with E-state index in [-0.39, 0.29) is 17.9 Å². The van der Waals surface area contributed by atoms with Crippen molar-refractivity contribution in [3.8, 4) is 0 Å². The lowest BCUT2D eigenvalue weighted by atomic mass is 9.92. The van der Waals surface area contributed by atoms with Crippen molar-refractivity contribution in [2.45, 2.75) is 76.4 Å². The summed E-state index contributed by atoms with van der Waals surface area (Å²) in [6, 6.07) is 4.22. The second-order valence-corrected chi connectivity index (χ2v) is 9.83. The zero-order valence-electron chi connectivity index (χ0n) is 18.1. The zero-order chi connectivity index (χ0) is 21.1. The molecule has 1 unspecified atom stereocenters. The van der Waals surface area contributed by atoms with Crippen LogP contribution in [0.5, 0.6) is 0 Å². The zero-order valence-corrected chi connectivity index (χ0v) is 18.9. The van der Waals surface area contributed by atoms with Crippen LogP contribution in [0.2, 0.25) is 0 Å². The van der Waals surface area contributed by atoms with Crippen molar-refractivity contribution in [1.29, 1.82) is 0 Å². The van der Waals surface area contributed by atoms with Gasteiger partial charge in [-0.1, -0.05) is 32.1 Å². The van der Waals surface area contributed by atoms with Gasteiger partial charge in [-0.15, -0.1) is 11.3 Å². The van der Waals surface area contributed by atoms with E-state index >= 15 is 0 Å². The number of thiophene rings is 1. The summed E-state index contributed by atoms with van der Waals surface area (Å²) in [4.78, 5) is 28.9. The van der Waals surface area contributed by atoms with Gasteiger partial charge < -0.3 is 19.5 Å². The molecule has 164 valence electrons. The highest BCUT2D eigenvalue weighted by Crippen LogP contribution is 2.34. The Bertz CT molecular complexity index is 897. The van der Waals surface area contributed by atoms with Crippen LogP contribution in [-0.4, -0.2) is 53.1 Å². The smallest absolute Gasteiger partial charge is 0.271 e. The maximum Gasteiger partial charge on any atom is 0.271 e. The van der Waals surface area contributed by atoms with E-state index in [1.807, 2.05) is 29.0 Å². The molecule has 1 fully saturated rings. The van der Waals surface area contributed by atoms with Crippen molar-refractivity contribution in [2.24, 2.45) is 0 Å². The summed E-state index contributed by atoms with van der Waals surface area (Å²) in [6.07, 6.45) is 8.88. The molecule has 0 saturated heterocycles. The molecule has 4 rings (SSSR count). The lowest BCUT2D eigenvalue weighted by molar-refractivity contribution is -0.133. The minimum absolute atomic E-state index is 0.0263. The van der Waals surface area contributed by atoms with Gasteiger partial charge in [0.25, 0.3) is 5.91 Å². The molecule has 0 spiro atoms. The van der Waals surface area contributed by atoms with Crippen molar-refractivity contribution in [1.82, 2.24) is 14.8 Å². The van der Waals surface area contributed by atoms with E-state index < -0.39 is 5.54 Å². The number of fused-ring (bicyclic) bond motifs is 3. The monoisotopic (exact) mass is 431 g/mol. The van der Waals surface area contributed by atoms with Crippen LogP contribution < -0.4 is 5.32 Å². The van der Waals surface area contributed by atoms with E-state index in [9.17, 15) is 9.59 Å². The number of ether oxygens (including phenoxy) is 1. The van der Waals surface area contributed by atoms with Crippen molar-refractivity contribution in [3.63, 3.8) is 0 Å². The van der Waals surface area contributed by atoms with Crippen LogP contribution in [0.4, 0.5) is 0 Å². The standard InChI is InChI=1S/C23H33N3O3S/c1-23(22(28)24-17-9-6-4-3-5-7-10-17)16-25-18-11-14-30-20(18)15-19(25)21(27)26(23)12-8-13-29-2/h11,14-15,17H,3-10,12-13,16H2,1-2H3,(H,24,28). The molecule has 0 radical (unpaired) electrons. The van der Waals surface area contributed by atoms with Crippen LogP contribution >= 0.6 is 11.3 Å². The Labute approximate surface area is 182 Å². The predicted molar refractivity (Wildman–Crippen MR) is 120 cm³/mol. The van der Waals surface area contributed by atoms with Crippen LogP contribution in [-0.2, 0) is 16.1 Å². The molecule has 2 aromatic heterocycles. The van der Waals surface area contributed by atoms with Crippen LogP contribution in [0.15, 0.2) is 17.5 Å². The van der Waals surface area contributed by atoms with Crippen molar-refractivity contribution in [3.05, 3.63) is 23.2 Å². The van der Waals surface area contributed by atoms with E-state index in [1.165, 1.54) is 19.3 Å². The van der Waals surface area contributed by atoms with Gasteiger partial charge in [-0.05, 0) is 43.7 Å². The quantitative estimate of drug-likeness (QED) is 0.698. The number of hydrogen-bond donors (Lipinski definition) is 1. The van der Waals surface area contributed by atoms with Gasteiger partial charge in [0.2, 0.25) is 5.91 Å². The maximum atomic E-state index is 13.6. The van der Waals surface area contributed by atoms with E-state index in [0.717, 1.165) is 35.9 Å². The lowest BCUT2D eigenvalue weighted by Gasteiger charge is -2.44. The predicted octanol–water partition coefficient (Wildman–Crippen LogP) is 4.18. The summed E-state index contributed by atoms with van der Waals surface area (Å²) < 4.78 is 8.34. The van der Waals surface area contributed by atoms with Gasteiger partial charge in [0.05, 0.1) is 16.8 Å². The van der Waals surface area contributed by atoms with Gasteiger partial charge in [0, 0.05) is 26.3 Å². The number of hydrogen-bond acceptors (Lipinski definition) is 4. The number of nitrogens with one attached hydrogen (secondary N) is 1. The Morgan fingerprint density at radius 2 is 2.00 bits per heavy atom. The fourth-order valence-electron chi connectivity index (χ4n) is 4.93. The highest BCUT2D eigenvalue weighted by atomic mass is 32.1. The summed E-state index contributed by atoms with van der Waals surface area (Å²) in [7, 11) is 1.66. The fraction of sp³-hybridized carbons (Fsp3) is 0.652. The SMILES string of the molecule is COCCCN1C(=O)c2cc3sccc3n2CC1(C)C(=O)NC1CCCCCCC1. The number of carbonyl (C=O) groups is 2. The molecular weight excluding hydrogens is 398 g/mol. The summed E-state index contributed by atoms with van der Waals surface area (Å²) in [5, 5.41) is 5.37. The van der Waals surface area contributed by atoms with Crippen molar-refractivity contribution < 1.29 is 14.3 Å². The first kappa shape index (κ1) is 21.4. The van der Waals surface area contributed by atoms with Crippen molar-refractivity contribution in [2.75, 3.05) is 20.3 Å². The molecule has 6 nitrogen and oxygen atoms in total. The minimum atomic E-state index is -0.909. The Morgan fingerprint density at radius 1 is 1.27 bits per heavy atom. The van der Waals surface area contributed by atoms with E-state index in [0.29, 0.717) is 31.8 Å². The van der Waals surface area contributed by atoms with Crippen molar-refractivity contribution >= 4 is 33.4 Å². The molecule has 1 saturated carbocycles. The average Bonchev–Trinajstić information content (AvgIpc) is 3.29. The summed E-state index contributed by atoms with van der Waals surface area (Å²) in [5.41, 5.74) is 0.823. The third-order valence-corrected chi connectivity index (χ3v) is 7.56. The third kappa shape index (κ3) is 4.02. The Hall–Kier alpha value is -1.86. The van der Waals surface area contributed by atoms with Gasteiger partial charge in [-0.3, -0.25) is 9.59 Å². The molecule has 3 heterocycles. The van der Waals surface area contributed by atoms with Crippen LogP contribution in [0, 0.1) is 0 Å². The first-order chi connectivity index (χ1) is 14.5. The largest absolute Gasteiger partial charge is 0.385 e. The molecule has 7 heteroatoms. The number of nitrogens with zero attached hydrogens (tertiary/aromatic N) is 2. The van der Waals surface area contributed by atoms with Gasteiger partial charge in [-0.2, -0.15) is 0 Å². The number of rotatable bonds is 6. The number of carbonyl (C=O) groups excluding carboxylic acids is 2. The third-order valence-electron chi connectivity index (χ3n) is 6.71. The van der Waals surface area contributed by atoms with Crippen LogP contribution in [0.25, 0.3) is 10.2 Å².